The van der Waals surface area contributed by atoms with E-state index in [0.717, 1.165) is 10.5 Å². The largest absolute Gasteiger partial charge is 0.508 e. The maximum Gasteiger partial charge on any atom is 0.508 e. The van der Waals surface area contributed by atoms with Gasteiger partial charge in [-0.05, 0) is 107 Å². The van der Waals surface area contributed by atoms with Gasteiger partial charge in [0.2, 0.25) is 11.6 Å². The van der Waals surface area contributed by atoms with E-state index in [-0.39, 0.29) is 62.4 Å². The monoisotopic (exact) mass is 1160 g/mol. The smallest absolute Gasteiger partial charge is 0.460 e. The summed E-state index contributed by atoms with van der Waals surface area (Å²) in [6.07, 6.45) is 3.81. The highest BCUT2D eigenvalue weighted by molar-refractivity contribution is 6.39. The average molecular weight is 1160 g/mol. The van der Waals surface area contributed by atoms with Crippen LogP contribution in [0.2, 0.25) is 0 Å². The van der Waals surface area contributed by atoms with Crippen LogP contribution >= 0.6 is 0 Å². The number of allylic oxidation sites excluding steroid dienone is 6. The molecule has 1 saturated carbocycles. The van der Waals surface area contributed by atoms with Crippen LogP contribution in [0.1, 0.15) is 126 Å². The fourth-order valence-electron chi connectivity index (χ4n) is 11.8. The van der Waals surface area contributed by atoms with Crippen LogP contribution in [0, 0.1) is 35.5 Å². The van der Waals surface area contributed by atoms with Crippen molar-refractivity contribution in [3.05, 3.63) is 47.6 Å². The molecule has 0 aromatic rings. The molecule has 0 spiro atoms. The first kappa shape index (κ1) is 68.5. The van der Waals surface area contributed by atoms with Crippen LogP contribution in [0.5, 0.6) is 0 Å². The van der Waals surface area contributed by atoms with Gasteiger partial charge in [-0.1, -0.05) is 71.1 Å². The Bertz CT molecular complexity index is 2270. The van der Waals surface area contributed by atoms with E-state index >= 15 is 0 Å². The van der Waals surface area contributed by atoms with Gasteiger partial charge in [-0.2, -0.15) is 0 Å². The molecular weight excluding hydrogens is 1070 g/mol. The first-order valence-electron chi connectivity index (χ1n) is 29.1. The zero-order valence-corrected chi connectivity index (χ0v) is 49.6. The fourth-order valence-corrected chi connectivity index (χ4v) is 11.8. The number of Topliss-reactive ketones (excluding diaryl/α,β-unsaturated/α-hetero) is 3. The molecule has 22 nitrogen and oxygen atoms in total. The zero-order valence-electron chi connectivity index (χ0n) is 49.6. The summed E-state index contributed by atoms with van der Waals surface area (Å²) in [7, 11) is 4.45. The number of amides is 1. The lowest BCUT2D eigenvalue weighted by Crippen LogP contribution is -2.63. The molecule has 4 heterocycles. The Hall–Kier alpha value is -4.30. The highest BCUT2D eigenvalue weighted by Gasteiger charge is 2.54. The van der Waals surface area contributed by atoms with Gasteiger partial charge in [0, 0.05) is 58.5 Å². The lowest BCUT2D eigenvalue weighted by atomic mass is 9.78. The number of hydrogen-bond donors (Lipinski definition) is 6. The Morgan fingerprint density at radius 1 is 0.817 bits per heavy atom. The Balaban J connectivity index is 1.34. The third-order valence-electron chi connectivity index (χ3n) is 17.2. The van der Waals surface area contributed by atoms with Crippen LogP contribution in [0.4, 0.5) is 4.79 Å². The molecule has 1 aliphatic carbocycles. The molecule has 0 radical (unpaired) electrons. The number of piperidine rings is 1. The normalized spacial score (nSPS) is 40.0. The van der Waals surface area contributed by atoms with Crippen molar-refractivity contribution in [1.29, 1.82) is 0 Å². The maximum absolute atomic E-state index is 14.6. The zero-order chi connectivity index (χ0) is 60.6. The van der Waals surface area contributed by atoms with Crippen molar-refractivity contribution in [2.24, 2.45) is 35.5 Å². The molecule has 464 valence electrons. The summed E-state index contributed by atoms with van der Waals surface area (Å²) in [4.78, 5) is 85.0. The summed E-state index contributed by atoms with van der Waals surface area (Å²) in [5, 5.41) is 63.8. The minimum absolute atomic E-state index is 0.0137. The van der Waals surface area contributed by atoms with E-state index in [1.807, 2.05) is 51.2 Å². The average Bonchev–Trinajstić information content (AvgIpc) is 2.90. The molecule has 1 amide bonds. The predicted octanol–water partition coefficient (Wildman–Crippen LogP) is 4.16. The molecule has 82 heavy (non-hydrogen) atoms. The third-order valence-corrected chi connectivity index (χ3v) is 17.2. The first-order chi connectivity index (χ1) is 38.8. The SMILES string of the molecule is CO[C@H]1C[C@@H]2CC[C@@H](C)[C@@](O)(O2)C(=O)C(=O)N2CCCCC2C(=O)O[C@H]([C@H](C)CC2CC[C@@H](OCCOC(=O)OCC3(O)OC[C@H](O)[C@@H](O)[C@@H]3O)[C@H](OC)C2)CC(=O)[C@H](C)/C=C(\C)[C@@H](O)[C@@H](OC)C(=O)[C@H](C)C[C@H](C)/C=C/C=C/C=C/1C. The quantitative estimate of drug-likeness (QED) is 0.0692. The van der Waals surface area contributed by atoms with Crippen molar-refractivity contribution >= 4 is 35.4 Å². The second kappa shape index (κ2) is 31.7. The second-order valence-electron chi connectivity index (χ2n) is 23.5. The first-order valence-corrected chi connectivity index (χ1v) is 29.1. The van der Waals surface area contributed by atoms with Crippen molar-refractivity contribution < 1.29 is 102 Å². The number of aliphatic hydroxyl groups is 6. The van der Waals surface area contributed by atoms with E-state index in [4.69, 9.17) is 42.6 Å². The minimum Gasteiger partial charge on any atom is -0.460 e. The predicted molar refractivity (Wildman–Crippen MR) is 295 cm³/mol. The standard InChI is InChI=1S/C60H93NO21/c1-34-16-12-11-13-17-35(2)47(74-8)30-42-21-19-40(7)60(73,82-42)55(68)56(69)61-23-15-14-18-43(61)57(70)81-48(31-44(62)36(3)27-39(6)51(65)53(76-10)50(64)38(5)26-34)37(4)28-41-20-22-46(49(29-41)75-9)77-24-25-78-58(71)79-33-59(72)54(67)52(66)45(63)32-80-59/h11-13,16-17,27,34,36-38,40-43,45-49,51-54,63,65-67,72-73H,14-15,18-26,28-33H2,1-10H3/b13-11+,16-12+,35-17+,39-27+/t34-,36-,37-,38-,40-,41?,42+,43?,45+,46-,47+,48+,49-,51-,52-,53+,54+,59?,60-/m1/s1. The van der Waals surface area contributed by atoms with Gasteiger partial charge in [-0.3, -0.25) is 19.2 Å². The number of carbonyl (C=O) groups excluding carboxylic acids is 6. The van der Waals surface area contributed by atoms with E-state index in [0.29, 0.717) is 63.4 Å². The van der Waals surface area contributed by atoms with E-state index < -0.39 is 139 Å². The van der Waals surface area contributed by atoms with E-state index in [2.05, 4.69) is 0 Å². The lowest BCUT2D eigenvalue weighted by molar-refractivity contribution is -0.331. The van der Waals surface area contributed by atoms with Crippen molar-refractivity contribution in [2.75, 3.05) is 54.3 Å². The summed E-state index contributed by atoms with van der Waals surface area (Å²) in [5.74, 6) is -11.2. The van der Waals surface area contributed by atoms with Crippen molar-refractivity contribution in [3.63, 3.8) is 0 Å². The summed E-state index contributed by atoms with van der Waals surface area (Å²) < 4.78 is 50.8. The second-order valence-corrected chi connectivity index (χ2v) is 23.5. The number of fused-ring (bicyclic) bond motifs is 3. The number of nitrogens with zero attached hydrogens (tertiary/aromatic N) is 1. The summed E-state index contributed by atoms with van der Waals surface area (Å²) >= 11 is 0. The van der Waals surface area contributed by atoms with Gasteiger partial charge < -0.3 is 78.2 Å². The number of rotatable bonds is 12. The minimum atomic E-state index is -2.48. The van der Waals surface area contributed by atoms with E-state index in [1.54, 1.807) is 48.0 Å². The number of ketones is 3. The van der Waals surface area contributed by atoms with Crippen LogP contribution in [-0.2, 0) is 66.6 Å². The van der Waals surface area contributed by atoms with Crippen LogP contribution < -0.4 is 0 Å². The lowest BCUT2D eigenvalue weighted by Gasteiger charge is -2.42. The summed E-state index contributed by atoms with van der Waals surface area (Å²) in [6, 6.07) is -1.22. The van der Waals surface area contributed by atoms with Crippen LogP contribution in [0.3, 0.4) is 0 Å². The van der Waals surface area contributed by atoms with Crippen LogP contribution in [-0.4, -0.2) is 204 Å². The van der Waals surface area contributed by atoms with Crippen LogP contribution in [0.15, 0.2) is 47.6 Å². The number of methoxy groups -OCH3 is 3. The number of carbonyl (C=O) groups is 6. The number of hydrogen-bond acceptors (Lipinski definition) is 21. The molecule has 5 aliphatic rings. The maximum atomic E-state index is 14.6. The van der Waals surface area contributed by atoms with Crippen LogP contribution in [0.25, 0.3) is 0 Å². The molecule has 3 unspecified atom stereocenters. The summed E-state index contributed by atoms with van der Waals surface area (Å²) in [5.41, 5.74) is 1.19. The molecule has 2 bridgehead atoms. The molecule has 4 aliphatic heterocycles. The highest BCUT2D eigenvalue weighted by Crippen LogP contribution is 2.38. The number of cyclic esters (lactones) is 1. The molecule has 5 rings (SSSR count). The van der Waals surface area contributed by atoms with Crippen molar-refractivity contribution in [2.45, 2.75) is 204 Å². The Labute approximate surface area is 482 Å². The number of esters is 1. The van der Waals surface area contributed by atoms with E-state index in [9.17, 15) is 59.4 Å². The van der Waals surface area contributed by atoms with Crippen molar-refractivity contribution in [3.8, 4) is 0 Å². The molecule has 0 aromatic carbocycles. The number of ether oxygens (including phenoxy) is 9. The van der Waals surface area contributed by atoms with Gasteiger partial charge in [0.05, 0.1) is 37.6 Å². The van der Waals surface area contributed by atoms with Gasteiger partial charge >= 0.3 is 12.1 Å². The van der Waals surface area contributed by atoms with Gasteiger partial charge in [-0.15, -0.1) is 0 Å². The third kappa shape index (κ3) is 18.1. The highest BCUT2D eigenvalue weighted by atomic mass is 16.7. The van der Waals surface area contributed by atoms with E-state index in [1.165, 1.54) is 7.11 Å². The number of aliphatic hydroxyl groups excluding tert-OH is 4. The van der Waals surface area contributed by atoms with Gasteiger partial charge in [0.25, 0.3) is 11.7 Å². The molecule has 6 N–H and O–H groups in total. The Morgan fingerprint density at radius 2 is 1.55 bits per heavy atom. The van der Waals surface area contributed by atoms with Crippen molar-refractivity contribution in [1.82, 2.24) is 4.90 Å². The summed E-state index contributed by atoms with van der Waals surface area (Å²) in [6.45, 7) is 10.8. The van der Waals surface area contributed by atoms with Gasteiger partial charge in [0.15, 0.2) is 12.4 Å². The molecular formula is C60H93NO21. The molecule has 4 fully saturated rings. The topological polar surface area (TPSA) is 310 Å². The van der Waals surface area contributed by atoms with Gasteiger partial charge in [0.1, 0.15) is 55.1 Å². The molecule has 22 heteroatoms. The Kier molecular flexibility index (Phi) is 26.5. The molecule has 0 aromatic heterocycles. The van der Waals surface area contributed by atoms with Gasteiger partial charge in [-0.25, -0.2) is 9.59 Å². The molecule has 19 atom stereocenters. The fraction of sp³-hybridized carbons (Fsp3) is 0.767. The molecule has 3 saturated heterocycles. The Morgan fingerprint density at radius 3 is 2.24 bits per heavy atom.